The van der Waals surface area contributed by atoms with Gasteiger partial charge in [0, 0.05) is 37.8 Å². The van der Waals surface area contributed by atoms with Crippen LogP contribution in [0.4, 0.5) is 25.1 Å². The molecule has 0 spiro atoms. The molecule has 1 saturated heterocycles. The maximum absolute atomic E-state index is 13.5. The number of halogens is 2. The van der Waals surface area contributed by atoms with Gasteiger partial charge in [-0.25, -0.2) is 18.6 Å². The number of carbonyl (C=O) groups is 1. The Morgan fingerprint density at radius 3 is 2.71 bits per heavy atom. The predicted molar refractivity (Wildman–Crippen MR) is 126 cm³/mol. The van der Waals surface area contributed by atoms with Crippen LogP contribution in [0.3, 0.4) is 0 Å². The third kappa shape index (κ3) is 4.70. The smallest absolute Gasteiger partial charge is 0.323 e. The Kier molecular flexibility index (Phi) is 5.65. The Balaban J connectivity index is 1.25. The molecule has 3 aromatic rings. The summed E-state index contributed by atoms with van der Waals surface area (Å²) in [5, 5.41) is 2.82. The fourth-order valence-corrected chi connectivity index (χ4v) is 4.38. The normalized spacial score (nSPS) is 17.1. The van der Waals surface area contributed by atoms with Gasteiger partial charge in [-0.05, 0) is 36.2 Å². The number of nitrogen functional groups attached to an aromatic ring is 1. The predicted octanol–water partition coefficient (Wildman–Crippen LogP) is 4.42. The second-order valence-corrected chi connectivity index (χ2v) is 9.05. The van der Waals surface area contributed by atoms with E-state index in [-0.39, 0.29) is 19.0 Å². The zero-order valence-electron chi connectivity index (χ0n) is 18.9. The number of alkyl halides is 2. The standard InChI is InChI=1S/C25H26F2N6O/c1-16-2-4-18(5-3-16)21-7-6-20(28)23(30-21)31-24(34)33-13-19-10-17(11-29-22(19)14-33)12-32-9-8-25(26,27)15-32/h2-7,10-11H,8-9,12-15,28H2,1H3,(H,30,31,34). The van der Waals surface area contributed by atoms with Crippen molar-refractivity contribution in [1.29, 1.82) is 0 Å². The van der Waals surface area contributed by atoms with Crippen molar-refractivity contribution in [2.24, 2.45) is 0 Å². The minimum atomic E-state index is -2.62. The summed E-state index contributed by atoms with van der Waals surface area (Å²) in [5.41, 5.74) is 11.9. The van der Waals surface area contributed by atoms with Gasteiger partial charge < -0.3 is 10.6 Å². The van der Waals surface area contributed by atoms with Crippen LogP contribution in [0.15, 0.2) is 48.7 Å². The number of nitrogens with one attached hydrogen (secondary N) is 1. The van der Waals surface area contributed by atoms with E-state index in [1.165, 1.54) is 0 Å². The molecule has 1 aromatic carbocycles. The summed E-state index contributed by atoms with van der Waals surface area (Å²) in [6, 6.07) is 13.1. The molecule has 2 aromatic heterocycles. The number of hydrogen-bond acceptors (Lipinski definition) is 5. The van der Waals surface area contributed by atoms with Crippen molar-refractivity contribution in [3.05, 3.63) is 71.0 Å². The van der Waals surface area contributed by atoms with E-state index < -0.39 is 5.92 Å². The van der Waals surface area contributed by atoms with Crippen LogP contribution in [-0.4, -0.2) is 44.8 Å². The summed E-state index contributed by atoms with van der Waals surface area (Å²) in [6.07, 6.45) is 1.60. The number of aromatic nitrogens is 2. The van der Waals surface area contributed by atoms with Crippen LogP contribution in [0.5, 0.6) is 0 Å². The van der Waals surface area contributed by atoms with E-state index in [4.69, 9.17) is 5.73 Å². The maximum atomic E-state index is 13.5. The molecule has 0 aliphatic carbocycles. The molecule has 3 N–H and O–H groups in total. The zero-order chi connectivity index (χ0) is 23.9. The third-order valence-electron chi connectivity index (χ3n) is 6.26. The van der Waals surface area contributed by atoms with Crippen LogP contribution in [0.2, 0.25) is 0 Å². The lowest BCUT2D eigenvalue weighted by Crippen LogP contribution is -2.31. The van der Waals surface area contributed by atoms with Gasteiger partial charge in [-0.1, -0.05) is 29.8 Å². The van der Waals surface area contributed by atoms with Gasteiger partial charge in [0.25, 0.3) is 5.92 Å². The maximum Gasteiger partial charge on any atom is 0.323 e. The largest absolute Gasteiger partial charge is 0.396 e. The third-order valence-corrected chi connectivity index (χ3v) is 6.26. The number of nitrogens with zero attached hydrogens (tertiary/aromatic N) is 4. The first-order valence-electron chi connectivity index (χ1n) is 11.2. The van der Waals surface area contributed by atoms with Gasteiger partial charge in [0.1, 0.15) is 0 Å². The monoisotopic (exact) mass is 464 g/mol. The summed E-state index contributed by atoms with van der Waals surface area (Å²) < 4.78 is 27.0. The fourth-order valence-electron chi connectivity index (χ4n) is 4.38. The second kappa shape index (κ2) is 8.64. The van der Waals surface area contributed by atoms with Crippen LogP contribution in [0.1, 0.15) is 28.8 Å². The first-order chi connectivity index (χ1) is 16.3. The number of carbonyl (C=O) groups excluding carboxylic acids is 1. The van der Waals surface area contributed by atoms with Crippen molar-refractivity contribution in [3.8, 4) is 11.3 Å². The fraction of sp³-hybridized carbons (Fsp3) is 0.320. The summed E-state index contributed by atoms with van der Waals surface area (Å²) in [4.78, 5) is 25.4. The Bertz CT molecular complexity index is 1230. The summed E-state index contributed by atoms with van der Waals surface area (Å²) in [5.74, 6) is -2.31. The van der Waals surface area contributed by atoms with E-state index in [2.05, 4.69) is 15.3 Å². The van der Waals surface area contributed by atoms with Crippen molar-refractivity contribution < 1.29 is 13.6 Å². The first kappa shape index (κ1) is 22.2. The van der Waals surface area contributed by atoms with Crippen LogP contribution in [0.25, 0.3) is 11.3 Å². The number of rotatable bonds is 4. The van der Waals surface area contributed by atoms with E-state index in [9.17, 15) is 13.6 Å². The summed E-state index contributed by atoms with van der Waals surface area (Å²) >= 11 is 0. The number of likely N-dealkylation sites (tertiary alicyclic amines) is 1. The molecule has 2 amide bonds. The van der Waals surface area contributed by atoms with Crippen molar-refractivity contribution in [3.63, 3.8) is 0 Å². The molecular formula is C25H26F2N6O. The minimum Gasteiger partial charge on any atom is -0.396 e. The average molecular weight is 465 g/mol. The van der Waals surface area contributed by atoms with E-state index in [0.29, 0.717) is 43.4 Å². The second-order valence-electron chi connectivity index (χ2n) is 9.05. The molecule has 0 atom stereocenters. The SMILES string of the molecule is Cc1ccc(-c2ccc(N)c(NC(=O)N3Cc4cc(CN5CCC(F)(F)C5)cnc4C3)n2)cc1. The quantitative estimate of drug-likeness (QED) is 0.597. The average Bonchev–Trinajstić information content (AvgIpc) is 3.38. The highest BCUT2D eigenvalue weighted by Crippen LogP contribution is 2.29. The highest BCUT2D eigenvalue weighted by atomic mass is 19.3. The van der Waals surface area contributed by atoms with Crippen molar-refractivity contribution in [2.45, 2.75) is 38.9 Å². The molecule has 1 fully saturated rings. The van der Waals surface area contributed by atoms with E-state index in [1.807, 2.05) is 43.3 Å². The van der Waals surface area contributed by atoms with Crippen molar-refractivity contribution >= 4 is 17.5 Å². The van der Waals surface area contributed by atoms with Crippen LogP contribution in [-0.2, 0) is 19.6 Å². The molecule has 176 valence electrons. The number of amides is 2. The minimum absolute atomic E-state index is 0.110. The van der Waals surface area contributed by atoms with Gasteiger partial charge in [-0.15, -0.1) is 0 Å². The molecule has 0 bridgehead atoms. The van der Waals surface area contributed by atoms with Crippen LogP contribution in [0, 0.1) is 6.92 Å². The van der Waals surface area contributed by atoms with E-state index in [0.717, 1.165) is 27.9 Å². The number of aryl methyl sites for hydroxylation is 1. The molecule has 2 aliphatic rings. The lowest BCUT2D eigenvalue weighted by atomic mass is 10.1. The summed E-state index contributed by atoms with van der Waals surface area (Å²) in [7, 11) is 0. The molecule has 0 unspecified atom stereocenters. The Labute approximate surface area is 196 Å². The Hall–Kier alpha value is -3.59. The number of fused-ring (bicyclic) bond motifs is 1. The van der Waals surface area contributed by atoms with Crippen LogP contribution < -0.4 is 11.1 Å². The number of nitrogens with two attached hydrogens (primary N) is 1. The molecular weight excluding hydrogens is 438 g/mol. The van der Waals surface area contributed by atoms with Gasteiger partial charge in [0.05, 0.1) is 30.2 Å². The molecule has 0 radical (unpaired) electrons. The molecule has 9 heteroatoms. The van der Waals surface area contributed by atoms with Gasteiger partial charge in [-0.3, -0.25) is 15.2 Å². The molecule has 5 rings (SSSR count). The van der Waals surface area contributed by atoms with E-state index >= 15 is 0 Å². The van der Waals surface area contributed by atoms with Gasteiger partial charge in [0.2, 0.25) is 0 Å². The van der Waals surface area contributed by atoms with Crippen LogP contribution >= 0.6 is 0 Å². The van der Waals surface area contributed by atoms with E-state index in [1.54, 1.807) is 22.1 Å². The lowest BCUT2D eigenvalue weighted by Gasteiger charge is -2.17. The lowest BCUT2D eigenvalue weighted by molar-refractivity contribution is 0.0115. The summed E-state index contributed by atoms with van der Waals surface area (Å²) in [6.45, 7) is 3.33. The number of hydrogen-bond donors (Lipinski definition) is 2. The van der Waals surface area contributed by atoms with Crippen molar-refractivity contribution in [2.75, 3.05) is 24.1 Å². The van der Waals surface area contributed by atoms with Gasteiger partial charge in [-0.2, -0.15) is 0 Å². The number of anilines is 2. The molecule has 2 aliphatic heterocycles. The van der Waals surface area contributed by atoms with Gasteiger partial charge in [0.15, 0.2) is 5.82 Å². The Morgan fingerprint density at radius 1 is 1.18 bits per heavy atom. The topological polar surface area (TPSA) is 87.4 Å². The number of pyridine rings is 2. The Morgan fingerprint density at radius 2 is 1.97 bits per heavy atom. The van der Waals surface area contributed by atoms with Crippen molar-refractivity contribution in [1.82, 2.24) is 19.8 Å². The highest BCUT2D eigenvalue weighted by Gasteiger charge is 2.38. The molecule has 7 nitrogen and oxygen atoms in total. The number of benzene rings is 1. The highest BCUT2D eigenvalue weighted by molar-refractivity contribution is 5.92. The first-order valence-corrected chi connectivity index (χ1v) is 11.2. The zero-order valence-corrected chi connectivity index (χ0v) is 18.9. The molecule has 34 heavy (non-hydrogen) atoms. The van der Waals surface area contributed by atoms with Gasteiger partial charge >= 0.3 is 6.03 Å². The molecule has 4 heterocycles. The molecule has 0 saturated carbocycles. The number of urea groups is 1.